The number of nitrogens with one attached hydrogen (secondary N) is 1. The molecule has 2 N–H and O–H groups in total. The van der Waals surface area contributed by atoms with E-state index in [0.717, 1.165) is 0 Å². The Balaban J connectivity index is 1.68. The van der Waals surface area contributed by atoms with Gasteiger partial charge in [0.05, 0.1) is 6.20 Å². The van der Waals surface area contributed by atoms with Crippen LogP contribution in [-0.2, 0) is 21.4 Å². The van der Waals surface area contributed by atoms with Crippen LogP contribution < -0.4 is 5.32 Å². The summed E-state index contributed by atoms with van der Waals surface area (Å²) >= 11 is 0. The summed E-state index contributed by atoms with van der Waals surface area (Å²) in [5.74, 6) is -0.830. The summed E-state index contributed by atoms with van der Waals surface area (Å²) in [6.07, 6.45) is 4.89. The third-order valence-electron chi connectivity index (χ3n) is 5.01. The van der Waals surface area contributed by atoms with Gasteiger partial charge in [0.2, 0.25) is 10.0 Å². The van der Waals surface area contributed by atoms with Gasteiger partial charge < -0.3 is 10.4 Å². The molecule has 1 atom stereocenters. The first-order valence-electron chi connectivity index (χ1n) is 7.85. The molecule has 0 bridgehead atoms. The van der Waals surface area contributed by atoms with Gasteiger partial charge in [0.1, 0.15) is 10.9 Å². The molecule has 1 aromatic heterocycles. The fraction of sp³-hybridized carbons (Fsp3) is 0.714. The second-order valence-corrected chi connectivity index (χ2v) is 8.35. The zero-order chi connectivity index (χ0) is 16.7. The predicted octanol–water partition coefficient (Wildman–Crippen LogP) is 0.120. The molecule has 1 spiro atoms. The maximum absolute atomic E-state index is 12.7. The number of piperidine rings is 1. The van der Waals surface area contributed by atoms with Crippen molar-refractivity contribution < 1.29 is 18.3 Å². The van der Waals surface area contributed by atoms with Gasteiger partial charge in [-0.05, 0) is 31.6 Å². The van der Waals surface area contributed by atoms with Crippen molar-refractivity contribution in [3.8, 4) is 0 Å². The highest BCUT2D eigenvalue weighted by molar-refractivity contribution is 7.89. The van der Waals surface area contributed by atoms with E-state index in [1.807, 2.05) is 6.92 Å². The van der Waals surface area contributed by atoms with E-state index in [1.165, 1.54) is 10.5 Å². The van der Waals surface area contributed by atoms with E-state index in [9.17, 15) is 13.2 Å². The molecule has 128 valence electrons. The summed E-state index contributed by atoms with van der Waals surface area (Å²) < 4.78 is 28.4. The minimum absolute atomic E-state index is 0.0946. The lowest BCUT2D eigenvalue weighted by Gasteiger charge is -2.38. The summed E-state index contributed by atoms with van der Waals surface area (Å²) in [6, 6.07) is -0.513. The van der Waals surface area contributed by atoms with Gasteiger partial charge in [-0.3, -0.25) is 9.48 Å². The van der Waals surface area contributed by atoms with Crippen molar-refractivity contribution in [3.05, 3.63) is 12.4 Å². The Morgan fingerprint density at radius 3 is 2.70 bits per heavy atom. The summed E-state index contributed by atoms with van der Waals surface area (Å²) in [6.45, 7) is 4.02. The first-order chi connectivity index (χ1) is 10.9. The zero-order valence-electron chi connectivity index (χ0n) is 13.1. The topological polar surface area (TPSA) is 105 Å². The molecule has 0 amide bonds. The molecule has 0 saturated carbocycles. The highest BCUT2D eigenvalue weighted by atomic mass is 32.2. The van der Waals surface area contributed by atoms with Crippen LogP contribution in [0.15, 0.2) is 17.3 Å². The smallest absolute Gasteiger partial charge is 0.320 e. The van der Waals surface area contributed by atoms with Crippen molar-refractivity contribution in [2.75, 3.05) is 19.6 Å². The Morgan fingerprint density at radius 1 is 1.48 bits per heavy atom. The summed E-state index contributed by atoms with van der Waals surface area (Å²) in [4.78, 5) is 11.3. The number of carboxylic acids is 1. The Hall–Kier alpha value is -1.45. The van der Waals surface area contributed by atoms with Crippen molar-refractivity contribution in [1.82, 2.24) is 19.4 Å². The van der Waals surface area contributed by atoms with Gasteiger partial charge in [-0.1, -0.05) is 0 Å². The van der Waals surface area contributed by atoms with Crippen LogP contribution in [0.2, 0.25) is 0 Å². The molecule has 2 aliphatic rings. The highest BCUT2D eigenvalue weighted by Crippen LogP contribution is 2.40. The second-order valence-electron chi connectivity index (χ2n) is 6.41. The standard InChI is InChI=1S/C14H22N4O4S/c1-2-17-9-11(8-16-17)23(21,22)18-5-3-14(4-6-18)7-12(13(19)20)15-10-14/h8-9,12,15H,2-7,10H2,1H3,(H,19,20)/t12-/m0/s1. The lowest BCUT2D eigenvalue weighted by molar-refractivity contribution is -0.139. The molecule has 8 nitrogen and oxygen atoms in total. The Labute approximate surface area is 135 Å². The van der Waals surface area contributed by atoms with Gasteiger partial charge >= 0.3 is 5.97 Å². The third kappa shape index (κ3) is 3.00. The molecule has 1 aromatic rings. The van der Waals surface area contributed by atoms with Crippen LogP contribution >= 0.6 is 0 Å². The van der Waals surface area contributed by atoms with Crippen LogP contribution in [0.4, 0.5) is 0 Å². The van der Waals surface area contributed by atoms with Crippen molar-refractivity contribution in [1.29, 1.82) is 0 Å². The van der Waals surface area contributed by atoms with Crippen molar-refractivity contribution >= 4 is 16.0 Å². The van der Waals surface area contributed by atoms with Gasteiger partial charge in [-0.15, -0.1) is 0 Å². The maximum Gasteiger partial charge on any atom is 0.320 e. The second kappa shape index (κ2) is 5.88. The van der Waals surface area contributed by atoms with E-state index < -0.39 is 22.0 Å². The lowest BCUT2D eigenvalue weighted by Crippen LogP contribution is -2.43. The molecular weight excluding hydrogens is 320 g/mol. The van der Waals surface area contributed by atoms with Crippen LogP contribution in [-0.4, -0.2) is 59.3 Å². The van der Waals surface area contributed by atoms with Crippen molar-refractivity contribution in [2.45, 2.75) is 43.7 Å². The normalized spacial score (nSPS) is 25.0. The largest absolute Gasteiger partial charge is 0.480 e. The van der Waals surface area contributed by atoms with Crippen LogP contribution in [0.5, 0.6) is 0 Å². The molecule has 0 aliphatic carbocycles. The first kappa shape index (κ1) is 16.4. The number of hydrogen-bond donors (Lipinski definition) is 2. The minimum atomic E-state index is -3.51. The number of hydrogen-bond acceptors (Lipinski definition) is 5. The molecule has 2 saturated heterocycles. The number of sulfonamides is 1. The summed E-state index contributed by atoms with van der Waals surface area (Å²) in [7, 11) is -3.51. The van der Waals surface area contributed by atoms with E-state index in [-0.39, 0.29) is 10.3 Å². The molecular formula is C14H22N4O4S. The van der Waals surface area contributed by atoms with E-state index >= 15 is 0 Å². The first-order valence-corrected chi connectivity index (χ1v) is 9.29. The van der Waals surface area contributed by atoms with Crippen molar-refractivity contribution in [2.24, 2.45) is 5.41 Å². The Bertz CT molecular complexity index is 691. The van der Waals surface area contributed by atoms with Crippen LogP contribution in [0, 0.1) is 5.41 Å². The monoisotopic (exact) mass is 342 g/mol. The number of aryl methyl sites for hydroxylation is 1. The number of carboxylic acid groups (broad SMARTS) is 1. The molecule has 2 aliphatic heterocycles. The molecule has 0 radical (unpaired) electrons. The van der Waals surface area contributed by atoms with Crippen LogP contribution in [0.1, 0.15) is 26.2 Å². The van der Waals surface area contributed by atoms with E-state index in [4.69, 9.17) is 5.11 Å². The van der Waals surface area contributed by atoms with E-state index in [0.29, 0.717) is 45.4 Å². The molecule has 23 heavy (non-hydrogen) atoms. The highest BCUT2D eigenvalue weighted by Gasteiger charge is 2.45. The fourth-order valence-corrected chi connectivity index (χ4v) is 4.87. The number of carbonyl (C=O) groups is 1. The van der Waals surface area contributed by atoms with Gasteiger partial charge in [0, 0.05) is 32.4 Å². The van der Waals surface area contributed by atoms with Crippen molar-refractivity contribution in [3.63, 3.8) is 0 Å². The van der Waals surface area contributed by atoms with Gasteiger partial charge in [-0.25, -0.2) is 8.42 Å². The lowest BCUT2D eigenvalue weighted by atomic mass is 9.77. The quantitative estimate of drug-likeness (QED) is 0.805. The average molecular weight is 342 g/mol. The van der Waals surface area contributed by atoms with E-state index in [1.54, 1.807) is 10.9 Å². The number of aliphatic carboxylic acids is 1. The minimum Gasteiger partial charge on any atom is -0.480 e. The zero-order valence-corrected chi connectivity index (χ0v) is 13.9. The summed E-state index contributed by atoms with van der Waals surface area (Å²) in [5.41, 5.74) is -0.0946. The molecule has 9 heteroatoms. The average Bonchev–Trinajstić information content (AvgIpc) is 3.15. The Morgan fingerprint density at radius 2 is 2.17 bits per heavy atom. The van der Waals surface area contributed by atoms with Gasteiger partial charge in [0.15, 0.2) is 0 Å². The van der Waals surface area contributed by atoms with E-state index in [2.05, 4.69) is 10.4 Å². The van der Waals surface area contributed by atoms with Crippen LogP contribution in [0.3, 0.4) is 0 Å². The number of aromatic nitrogens is 2. The number of rotatable bonds is 4. The molecule has 0 unspecified atom stereocenters. The Kier molecular flexibility index (Phi) is 4.19. The fourth-order valence-electron chi connectivity index (χ4n) is 3.47. The van der Waals surface area contributed by atoms with Gasteiger partial charge in [0.25, 0.3) is 0 Å². The van der Waals surface area contributed by atoms with Gasteiger partial charge in [-0.2, -0.15) is 9.40 Å². The molecule has 0 aromatic carbocycles. The molecule has 2 fully saturated rings. The number of nitrogens with zero attached hydrogens (tertiary/aromatic N) is 3. The maximum atomic E-state index is 12.7. The van der Waals surface area contributed by atoms with Crippen LogP contribution in [0.25, 0.3) is 0 Å². The predicted molar refractivity (Wildman–Crippen MR) is 82.4 cm³/mol. The third-order valence-corrected chi connectivity index (χ3v) is 6.86. The SMILES string of the molecule is CCn1cc(S(=O)(=O)N2CCC3(CC2)CN[C@H](C(=O)O)C3)cn1. The molecule has 3 rings (SSSR count). The molecule has 3 heterocycles. The summed E-state index contributed by atoms with van der Waals surface area (Å²) in [5, 5.41) is 16.2.